The zero-order valence-corrected chi connectivity index (χ0v) is 10.1. The maximum atomic E-state index is 10.5. The van der Waals surface area contributed by atoms with E-state index in [-0.39, 0.29) is 12.3 Å². The van der Waals surface area contributed by atoms with Gasteiger partial charge in [0, 0.05) is 12.2 Å². The lowest BCUT2D eigenvalue weighted by Crippen LogP contribution is -2.14. The van der Waals surface area contributed by atoms with Crippen LogP contribution in [0.15, 0.2) is 24.3 Å². The van der Waals surface area contributed by atoms with E-state index >= 15 is 0 Å². The van der Waals surface area contributed by atoms with Crippen LogP contribution in [0.2, 0.25) is 0 Å². The van der Waals surface area contributed by atoms with Crippen LogP contribution in [0, 0.1) is 0 Å². The molecule has 0 bridgehead atoms. The molecule has 6 nitrogen and oxygen atoms in total. The first-order valence-corrected chi connectivity index (χ1v) is 6.72. The molecule has 17 heavy (non-hydrogen) atoms. The molecular formula is C10H16N2O4S. The molecule has 7 heteroatoms. The van der Waals surface area contributed by atoms with Crippen molar-refractivity contribution >= 4 is 15.8 Å². The van der Waals surface area contributed by atoms with E-state index in [1.807, 2.05) is 24.3 Å². The Balaban J connectivity index is 2.40. The summed E-state index contributed by atoms with van der Waals surface area (Å²) < 4.78 is 29.5. The third-order valence-corrected chi connectivity index (χ3v) is 2.87. The molecule has 4 N–H and O–H groups in total. The number of nitrogens with one attached hydrogen (secondary N) is 1. The van der Waals surface area contributed by atoms with E-state index < -0.39 is 10.1 Å². The van der Waals surface area contributed by atoms with Crippen LogP contribution in [0.4, 0.5) is 5.69 Å². The minimum atomic E-state index is -3.91. The summed E-state index contributed by atoms with van der Waals surface area (Å²) in [7, 11) is -3.91. The molecule has 0 saturated heterocycles. The molecule has 0 fully saturated rings. The maximum absolute atomic E-state index is 10.5. The van der Waals surface area contributed by atoms with Crippen molar-refractivity contribution in [3.05, 3.63) is 29.8 Å². The molecule has 1 rings (SSSR count). The highest BCUT2D eigenvalue weighted by molar-refractivity contribution is 7.85. The molecule has 0 saturated carbocycles. The van der Waals surface area contributed by atoms with Gasteiger partial charge < -0.3 is 10.2 Å². The second-order valence-corrected chi connectivity index (χ2v) is 5.10. The van der Waals surface area contributed by atoms with Crippen molar-refractivity contribution in [2.75, 3.05) is 24.2 Å². The van der Waals surface area contributed by atoms with Crippen molar-refractivity contribution in [2.45, 2.75) is 6.42 Å². The third-order valence-electron chi connectivity index (χ3n) is 2.15. The predicted octanol–water partition coefficient (Wildman–Crippen LogP) is 0.419. The van der Waals surface area contributed by atoms with Crippen molar-refractivity contribution in [2.24, 2.45) is 5.90 Å². The summed E-state index contributed by atoms with van der Waals surface area (Å²) >= 11 is 0. The minimum Gasteiger partial charge on any atom is -0.384 e. The highest BCUT2D eigenvalue weighted by Gasteiger charge is 2.03. The van der Waals surface area contributed by atoms with E-state index in [1.54, 1.807) is 0 Å². The Morgan fingerprint density at radius 1 is 1.29 bits per heavy atom. The second-order valence-electron chi connectivity index (χ2n) is 3.53. The summed E-state index contributed by atoms with van der Waals surface area (Å²) in [6.07, 6.45) is 0.724. The highest BCUT2D eigenvalue weighted by atomic mass is 32.2. The normalized spacial score (nSPS) is 11.4. The topological polar surface area (TPSA) is 102 Å². The third kappa shape index (κ3) is 6.22. The fourth-order valence-corrected chi connectivity index (χ4v) is 1.65. The molecular weight excluding hydrogens is 244 g/mol. The second kappa shape index (κ2) is 6.55. The van der Waals surface area contributed by atoms with Crippen molar-refractivity contribution in [3.8, 4) is 0 Å². The summed E-state index contributed by atoms with van der Waals surface area (Å²) in [5, 5.41) is 2.89. The van der Waals surface area contributed by atoms with Crippen LogP contribution in [-0.4, -0.2) is 31.9 Å². The van der Waals surface area contributed by atoms with Gasteiger partial charge in [0.25, 0.3) is 10.1 Å². The average molecular weight is 260 g/mol. The summed E-state index contributed by atoms with van der Waals surface area (Å²) in [6, 6.07) is 7.45. The molecule has 96 valence electrons. The molecule has 0 aromatic heterocycles. The molecule has 0 atom stereocenters. The molecule has 0 aliphatic heterocycles. The predicted molar refractivity (Wildman–Crippen MR) is 65.2 cm³/mol. The van der Waals surface area contributed by atoms with Gasteiger partial charge in [-0.25, -0.2) is 5.90 Å². The van der Waals surface area contributed by atoms with E-state index in [1.165, 1.54) is 0 Å². The van der Waals surface area contributed by atoms with Crippen LogP contribution < -0.4 is 11.2 Å². The Labute approximate surface area is 100 Å². The molecule has 0 unspecified atom stereocenters. The fourth-order valence-electron chi connectivity index (χ4n) is 1.29. The quantitative estimate of drug-likeness (QED) is 0.485. The number of anilines is 1. The minimum absolute atomic E-state index is 0.171. The first kappa shape index (κ1) is 13.9. The molecule has 0 amide bonds. The van der Waals surface area contributed by atoms with Gasteiger partial charge in [-0.2, -0.15) is 8.42 Å². The monoisotopic (exact) mass is 260 g/mol. The van der Waals surface area contributed by atoms with Crippen molar-refractivity contribution in [1.29, 1.82) is 0 Å². The average Bonchev–Trinajstić information content (AvgIpc) is 2.26. The van der Waals surface area contributed by atoms with Gasteiger partial charge in [0.2, 0.25) is 0 Å². The maximum Gasteiger partial charge on any atom is 0.266 e. The lowest BCUT2D eigenvalue weighted by molar-refractivity contribution is 0.141. The lowest BCUT2D eigenvalue weighted by atomic mass is 10.1. The molecule has 0 heterocycles. The van der Waals surface area contributed by atoms with E-state index in [0.29, 0.717) is 6.61 Å². The highest BCUT2D eigenvalue weighted by Crippen LogP contribution is 2.09. The van der Waals surface area contributed by atoms with E-state index in [9.17, 15) is 8.42 Å². The van der Waals surface area contributed by atoms with E-state index in [0.717, 1.165) is 17.7 Å². The summed E-state index contributed by atoms with van der Waals surface area (Å²) in [4.78, 5) is 4.47. The molecule has 1 aromatic carbocycles. The zero-order valence-electron chi connectivity index (χ0n) is 9.30. The zero-order chi connectivity index (χ0) is 12.7. The van der Waals surface area contributed by atoms with Crippen LogP contribution >= 0.6 is 0 Å². The van der Waals surface area contributed by atoms with Gasteiger partial charge in [-0.15, -0.1) is 0 Å². The van der Waals surface area contributed by atoms with Gasteiger partial charge in [-0.3, -0.25) is 4.55 Å². The van der Waals surface area contributed by atoms with Crippen LogP contribution in [0.1, 0.15) is 5.56 Å². The standard InChI is InChI=1S/C10H16N2O4S/c11-16-7-5-9-1-3-10(4-2-9)12-6-8-17(13,14)15/h1-4,12H,5-8,11H2,(H,13,14,15). The Morgan fingerprint density at radius 2 is 1.94 bits per heavy atom. The first-order valence-electron chi connectivity index (χ1n) is 5.11. The Kier molecular flexibility index (Phi) is 5.36. The van der Waals surface area contributed by atoms with Gasteiger partial charge in [0.1, 0.15) is 0 Å². The molecule has 0 spiro atoms. The smallest absolute Gasteiger partial charge is 0.266 e. The van der Waals surface area contributed by atoms with Gasteiger partial charge in [0.05, 0.1) is 12.4 Å². The molecule has 1 aromatic rings. The summed E-state index contributed by atoms with van der Waals surface area (Å²) in [6.45, 7) is 0.625. The van der Waals surface area contributed by atoms with Gasteiger partial charge in [0.15, 0.2) is 0 Å². The SMILES string of the molecule is NOCCc1ccc(NCCS(=O)(=O)O)cc1. The largest absolute Gasteiger partial charge is 0.384 e. The molecule has 0 radical (unpaired) electrons. The van der Waals surface area contributed by atoms with Gasteiger partial charge in [-0.05, 0) is 24.1 Å². The van der Waals surface area contributed by atoms with Crippen molar-refractivity contribution in [1.82, 2.24) is 0 Å². The fraction of sp³-hybridized carbons (Fsp3) is 0.400. The number of benzene rings is 1. The summed E-state index contributed by atoms with van der Waals surface area (Å²) in [5.74, 6) is 4.61. The van der Waals surface area contributed by atoms with Crippen LogP contribution in [-0.2, 0) is 21.4 Å². The number of hydrogen-bond donors (Lipinski definition) is 3. The van der Waals surface area contributed by atoms with E-state index in [4.69, 9.17) is 10.4 Å². The number of rotatable bonds is 7. The Bertz CT molecular complexity index is 430. The van der Waals surface area contributed by atoms with E-state index in [2.05, 4.69) is 10.2 Å². The lowest BCUT2D eigenvalue weighted by Gasteiger charge is -2.06. The number of nitrogens with two attached hydrogens (primary N) is 1. The first-order chi connectivity index (χ1) is 8.01. The van der Waals surface area contributed by atoms with Crippen LogP contribution in [0.3, 0.4) is 0 Å². The van der Waals surface area contributed by atoms with Crippen molar-refractivity contribution in [3.63, 3.8) is 0 Å². The summed E-state index contributed by atoms with van der Waals surface area (Å²) in [5.41, 5.74) is 1.88. The van der Waals surface area contributed by atoms with Gasteiger partial charge in [-0.1, -0.05) is 12.1 Å². The van der Waals surface area contributed by atoms with Crippen LogP contribution in [0.5, 0.6) is 0 Å². The Morgan fingerprint density at radius 3 is 2.47 bits per heavy atom. The molecule has 0 aliphatic carbocycles. The van der Waals surface area contributed by atoms with Crippen LogP contribution in [0.25, 0.3) is 0 Å². The number of hydrogen-bond acceptors (Lipinski definition) is 5. The van der Waals surface area contributed by atoms with Gasteiger partial charge >= 0.3 is 0 Å². The van der Waals surface area contributed by atoms with Crippen molar-refractivity contribution < 1.29 is 17.8 Å². The molecule has 0 aliphatic rings. The Hall–Kier alpha value is -1.15.